The fourth-order valence-electron chi connectivity index (χ4n) is 0.892. The van der Waals surface area contributed by atoms with Crippen LogP contribution in [0.1, 0.15) is 6.92 Å². The Kier molecular flexibility index (Phi) is 8.66. The van der Waals surface area contributed by atoms with Gasteiger partial charge in [0.25, 0.3) is 0 Å². The van der Waals surface area contributed by atoms with E-state index in [0.29, 0.717) is 12.2 Å². The quantitative estimate of drug-likeness (QED) is 0.734. The Balaban J connectivity index is 0.000000281. The Morgan fingerprint density at radius 1 is 1.31 bits per heavy atom. The van der Waals surface area contributed by atoms with Gasteiger partial charge in [0.15, 0.2) is 0 Å². The van der Waals surface area contributed by atoms with Gasteiger partial charge >= 0.3 is 0 Å². The van der Waals surface area contributed by atoms with Gasteiger partial charge in [0.05, 0.1) is 25.4 Å². The maximum Gasteiger partial charge on any atom is 0.118 e. The summed E-state index contributed by atoms with van der Waals surface area (Å²) in [6.07, 6.45) is 1.74. The fourth-order valence-corrected chi connectivity index (χ4v) is 0.892. The van der Waals surface area contributed by atoms with Crippen molar-refractivity contribution in [2.75, 3.05) is 20.8 Å². The Morgan fingerprint density at radius 3 is 2.19 bits per heavy atom. The summed E-state index contributed by atoms with van der Waals surface area (Å²) in [6.45, 7) is 2.24. The van der Waals surface area contributed by atoms with E-state index in [-0.39, 0.29) is 0 Å². The van der Waals surface area contributed by atoms with E-state index in [1.165, 1.54) is 0 Å². The van der Waals surface area contributed by atoms with Crippen LogP contribution in [0, 0.1) is 11.3 Å². The second-order valence-electron chi connectivity index (χ2n) is 2.88. The van der Waals surface area contributed by atoms with E-state index in [4.69, 9.17) is 14.7 Å². The monoisotopic (exact) mass is 219 g/mol. The number of nitrogens with zero attached hydrogens (tertiary/aromatic N) is 1. The van der Waals surface area contributed by atoms with E-state index in [1.807, 2.05) is 43.3 Å². The summed E-state index contributed by atoms with van der Waals surface area (Å²) in [4.78, 5) is 0. The first-order chi connectivity index (χ1) is 7.78. The Morgan fingerprint density at radius 2 is 1.94 bits per heavy atom. The summed E-state index contributed by atoms with van der Waals surface area (Å²) in [7, 11) is 3.23. The second-order valence-corrected chi connectivity index (χ2v) is 2.88. The van der Waals surface area contributed by atoms with Crippen LogP contribution in [-0.4, -0.2) is 20.8 Å². The van der Waals surface area contributed by atoms with Gasteiger partial charge in [0.2, 0.25) is 0 Å². The largest absolute Gasteiger partial charge is 0.497 e. The molecule has 0 heterocycles. The first-order valence-electron chi connectivity index (χ1n) is 4.91. The number of ether oxygens (including phenoxy) is 2. The molecule has 0 spiro atoms. The van der Waals surface area contributed by atoms with Crippen LogP contribution in [0.5, 0.6) is 5.75 Å². The Labute approximate surface area is 96.9 Å². The maximum absolute atomic E-state index is 8.26. The number of para-hydroxylation sites is 1. The van der Waals surface area contributed by atoms with Gasteiger partial charge in [-0.1, -0.05) is 24.3 Å². The number of hydrogen-bond donors (Lipinski definition) is 0. The lowest BCUT2D eigenvalue weighted by atomic mass is 10.3. The summed E-state index contributed by atoms with van der Waals surface area (Å²) in [5.74, 6) is 0.910. The molecular weight excluding hydrogens is 202 g/mol. The maximum atomic E-state index is 8.26. The van der Waals surface area contributed by atoms with Crippen molar-refractivity contribution in [3.63, 3.8) is 0 Å². The number of rotatable bonds is 3. The molecule has 0 bridgehead atoms. The molecular formula is C13H17NO2. The van der Waals surface area contributed by atoms with E-state index in [0.717, 1.165) is 5.75 Å². The van der Waals surface area contributed by atoms with E-state index in [9.17, 15) is 0 Å². The van der Waals surface area contributed by atoms with E-state index in [1.54, 1.807) is 20.3 Å². The van der Waals surface area contributed by atoms with E-state index in [2.05, 4.69) is 0 Å². The molecule has 0 radical (unpaired) electrons. The first-order valence-corrected chi connectivity index (χ1v) is 4.91. The van der Waals surface area contributed by atoms with Gasteiger partial charge in [-0.25, -0.2) is 0 Å². The van der Waals surface area contributed by atoms with Crippen LogP contribution in [0.2, 0.25) is 0 Å². The minimum atomic E-state index is 0.424. The third kappa shape index (κ3) is 6.63. The standard InChI is InChI=1S/C7H8O.C6H9NO/c1-8-7-5-3-2-4-6-7;1-3-6(4-7)5-8-2/h2-6H,1H3;3H,5H2,1-2H3/b;6-3-. The van der Waals surface area contributed by atoms with Gasteiger partial charge in [0.1, 0.15) is 5.75 Å². The number of nitriles is 1. The van der Waals surface area contributed by atoms with Gasteiger partial charge in [-0.15, -0.1) is 0 Å². The molecule has 0 aliphatic carbocycles. The predicted molar refractivity (Wildman–Crippen MR) is 64.2 cm³/mol. The van der Waals surface area contributed by atoms with Crippen molar-refractivity contribution >= 4 is 0 Å². The van der Waals surface area contributed by atoms with Gasteiger partial charge in [-0.3, -0.25) is 0 Å². The summed E-state index contributed by atoms with van der Waals surface area (Å²) in [6, 6.07) is 11.7. The smallest absolute Gasteiger partial charge is 0.118 e. The highest BCUT2D eigenvalue weighted by atomic mass is 16.5. The molecule has 0 atom stereocenters. The van der Waals surface area contributed by atoms with Crippen molar-refractivity contribution in [1.82, 2.24) is 0 Å². The fraction of sp³-hybridized carbons (Fsp3) is 0.308. The van der Waals surface area contributed by atoms with Crippen molar-refractivity contribution in [3.8, 4) is 11.8 Å². The van der Waals surface area contributed by atoms with Crippen LogP contribution in [0.15, 0.2) is 42.0 Å². The zero-order valence-corrected chi connectivity index (χ0v) is 9.93. The van der Waals surface area contributed by atoms with Crippen LogP contribution >= 0.6 is 0 Å². The SMILES string of the molecule is C/C=C(/C#N)COC.COc1ccccc1. The minimum Gasteiger partial charge on any atom is -0.497 e. The summed E-state index contributed by atoms with van der Waals surface area (Å²) in [5, 5.41) is 8.26. The third-order valence-corrected chi connectivity index (χ3v) is 1.77. The molecule has 0 aliphatic rings. The van der Waals surface area contributed by atoms with Crippen molar-refractivity contribution < 1.29 is 9.47 Å². The number of allylic oxidation sites excluding steroid dienone is 1. The average Bonchev–Trinajstić information content (AvgIpc) is 2.37. The summed E-state index contributed by atoms with van der Waals surface area (Å²) >= 11 is 0. The van der Waals surface area contributed by atoms with Crippen molar-refractivity contribution in [2.24, 2.45) is 0 Å². The highest BCUT2D eigenvalue weighted by Gasteiger charge is 1.87. The second kappa shape index (κ2) is 9.75. The van der Waals surface area contributed by atoms with Crippen LogP contribution in [0.3, 0.4) is 0 Å². The first kappa shape index (κ1) is 14.2. The van der Waals surface area contributed by atoms with Crippen molar-refractivity contribution in [3.05, 3.63) is 42.0 Å². The minimum absolute atomic E-state index is 0.424. The van der Waals surface area contributed by atoms with E-state index >= 15 is 0 Å². The van der Waals surface area contributed by atoms with Crippen LogP contribution < -0.4 is 4.74 Å². The van der Waals surface area contributed by atoms with Crippen molar-refractivity contribution in [1.29, 1.82) is 5.26 Å². The molecule has 1 aromatic carbocycles. The third-order valence-electron chi connectivity index (χ3n) is 1.77. The topological polar surface area (TPSA) is 42.2 Å². The Bertz CT molecular complexity index is 339. The zero-order valence-electron chi connectivity index (χ0n) is 9.93. The predicted octanol–water partition coefficient (Wildman–Crippen LogP) is 2.80. The number of hydrogen-bond acceptors (Lipinski definition) is 3. The van der Waals surface area contributed by atoms with Gasteiger partial charge in [0, 0.05) is 7.11 Å². The zero-order chi connectivity index (χ0) is 12.2. The van der Waals surface area contributed by atoms with Crippen molar-refractivity contribution in [2.45, 2.75) is 6.92 Å². The highest BCUT2D eigenvalue weighted by molar-refractivity contribution is 5.20. The summed E-state index contributed by atoms with van der Waals surface area (Å²) < 4.78 is 9.61. The van der Waals surface area contributed by atoms with Gasteiger partial charge in [-0.2, -0.15) is 5.26 Å². The molecule has 0 aromatic heterocycles. The molecule has 0 unspecified atom stereocenters. The lowest BCUT2D eigenvalue weighted by Crippen LogP contribution is -1.89. The lowest BCUT2D eigenvalue weighted by Gasteiger charge is -1.93. The molecule has 0 saturated heterocycles. The van der Waals surface area contributed by atoms with Gasteiger partial charge in [-0.05, 0) is 19.1 Å². The highest BCUT2D eigenvalue weighted by Crippen LogP contribution is 2.05. The summed E-state index contributed by atoms with van der Waals surface area (Å²) in [5.41, 5.74) is 0.674. The lowest BCUT2D eigenvalue weighted by molar-refractivity contribution is 0.229. The van der Waals surface area contributed by atoms with Crippen LogP contribution in [0.4, 0.5) is 0 Å². The average molecular weight is 219 g/mol. The normalized spacial score (nSPS) is 9.75. The molecule has 1 rings (SSSR count). The van der Waals surface area contributed by atoms with Crippen LogP contribution in [-0.2, 0) is 4.74 Å². The molecule has 3 nitrogen and oxygen atoms in total. The molecule has 0 amide bonds. The number of benzene rings is 1. The van der Waals surface area contributed by atoms with E-state index < -0.39 is 0 Å². The molecule has 16 heavy (non-hydrogen) atoms. The number of methoxy groups -OCH3 is 2. The molecule has 0 N–H and O–H groups in total. The Hall–Kier alpha value is -1.79. The molecule has 0 aliphatic heterocycles. The molecule has 0 fully saturated rings. The molecule has 3 heteroatoms. The van der Waals surface area contributed by atoms with Gasteiger partial charge < -0.3 is 9.47 Å². The van der Waals surface area contributed by atoms with Crippen LogP contribution in [0.25, 0.3) is 0 Å². The molecule has 1 aromatic rings. The molecule has 0 saturated carbocycles. The molecule has 86 valence electrons.